The number of allylic oxidation sites excluding steroid dienone is 1. The average Bonchev–Trinajstić information content (AvgIpc) is 3.02. The molecule has 9 heteroatoms. The fraction of sp³-hybridized carbons (Fsp3) is 0.150. The van der Waals surface area contributed by atoms with Crippen LogP contribution in [-0.4, -0.2) is 18.2 Å². The second-order valence-corrected chi connectivity index (χ2v) is 7.22. The lowest BCUT2D eigenvalue weighted by atomic mass is 9.98. The van der Waals surface area contributed by atoms with Gasteiger partial charge >= 0.3 is 6.18 Å². The molecule has 1 heterocycles. The SMILES string of the molecule is C=CCn1nc(-c2ccc(C[SH](=O)=O)cc2)c(-c2ccc(F)cc2)c1C(F)(F)F. The fourth-order valence-corrected chi connectivity index (χ4v) is 3.52. The van der Waals surface area contributed by atoms with Gasteiger partial charge in [0.2, 0.25) is 0 Å². The molecule has 29 heavy (non-hydrogen) atoms. The summed E-state index contributed by atoms with van der Waals surface area (Å²) in [5.74, 6) is -0.738. The molecular formula is C20H16F4N2O2S. The second-order valence-electron chi connectivity index (χ2n) is 6.24. The first kappa shape index (κ1) is 20.8. The summed E-state index contributed by atoms with van der Waals surface area (Å²) < 4.78 is 77.6. The summed E-state index contributed by atoms with van der Waals surface area (Å²) in [5.41, 5.74) is -0.0374. The number of aromatic nitrogens is 2. The van der Waals surface area contributed by atoms with Crippen LogP contribution in [0, 0.1) is 5.82 Å². The van der Waals surface area contributed by atoms with Crippen molar-refractivity contribution in [2.45, 2.75) is 18.5 Å². The maximum atomic E-state index is 13.9. The van der Waals surface area contributed by atoms with E-state index in [4.69, 9.17) is 0 Å². The molecular weight excluding hydrogens is 408 g/mol. The molecule has 4 nitrogen and oxygen atoms in total. The Morgan fingerprint density at radius 2 is 1.59 bits per heavy atom. The highest BCUT2D eigenvalue weighted by atomic mass is 32.2. The smallest absolute Gasteiger partial charge is 0.255 e. The minimum atomic E-state index is -4.71. The average molecular weight is 424 g/mol. The number of nitrogens with zero attached hydrogens (tertiary/aromatic N) is 2. The third-order valence-electron chi connectivity index (χ3n) is 4.19. The second kappa shape index (κ2) is 8.20. The number of thiol groups is 1. The van der Waals surface area contributed by atoms with Crippen molar-refractivity contribution in [1.29, 1.82) is 0 Å². The fourth-order valence-electron chi connectivity index (χ4n) is 3.01. The molecule has 0 unspecified atom stereocenters. The van der Waals surface area contributed by atoms with Crippen LogP contribution in [0.3, 0.4) is 0 Å². The van der Waals surface area contributed by atoms with Gasteiger partial charge in [0.15, 0.2) is 5.69 Å². The zero-order valence-corrected chi connectivity index (χ0v) is 15.9. The minimum Gasteiger partial charge on any atom is -0.255 e. The van der Waals surface area contributed by atoms with Crippen molar-refractivity contribution in [2.24, 2.45) is 0 Å². The highest BCUT2D eigenvalue weighted by Crippen LogP contribution is 2.42. The molecule has 0 aliphatic carbocycles. The van der Waals surface area contributed by atoms with Crippen molar-refractivity contribution in [1.82, 2.24) is 9.78 Å². The normalized spacial score (nSPS) is 11.8. The lowest BCUT2D eigenvalue weighted by Gasteiger charge is -2.12. The van der Waals surface area contributed by atoms with Gasteiger partial charge in [-0.05, 0) is 23.3 Å². The molecule has 0 saturated carbocycles. The Balaban J connectivity index is 2.25. The maximum absolute atomic E-state index is 13.9. The van der Waals surface area contributed by atoms with Gasteiger partial charge in [-0.15, -0.1) is 6.58 Å². The molecule has 0 radical (unpaired) electrons. The largest absolute Gasteiger partial charge is 0.433 e. The van der Waals surface area contributed by atoms with Crippen LogP contribution in [0.4, 0.5) is 17.6 Å². The summed E-state index contributed by atoms with van der Waals surface area (Å²) in [5, 5.41) is 4.14. The van der Waals surface area contributed by atoms with E-state index in [1.807, 2.05) is 0 Å². The molecule has 152 valence electrons. The van der Waals surface area contributed by atoms with Gasteiger partial charge in [-0.3, -0.25) is 4.68 Å². The van der Waals surface area contributed by atoms with Crippen LogP contribution in [0.2, 0.25) is 0 Å². The third kappa shape index (κ3) is 4.56. The Kier molecular flexibility index (Phi) is 5.88. The molecule has 0 atom stereocenters. The van der Waals surface area contributed by atoms with Crippen LogP contribution in [0.25, 0.3) is 22.4 Å². The van der Waals surface area contributed by atoms with Crippen LogP contribution < -0.4 is 0 Å². The number of hydrogen-bond acceptors (Lipinski definition) is 3. The van der Waals surface area contributed by atoms with Gasteiger partial charge in [-0.1, -0.05) is 42.5 Å². The van der Waals surface area contributed by atoms with Crippen LogP contribution in [-0.2, 0) is 29.2 Å². The van der Waals surface area contributed by atoms with Crippen LogP contribution in [0.1, 0.15) is 11.3 Å². The Hall–Kier alpha value is -2.94. The van der Waals surface area contributed by atoms with E-state index in [-0.39, 0.29) is 29.1 Å². The van der Waals surface area contributed by atoms with E-state index in [1.54, 1.807) is 0 Å². The van der Waals surface area contributed by atoms with Crippen LogP contribution in [0.15, 0.2) is 61.2 Å². The van der Waals surface area contributed by atoms with E-state index in [0.29, 0.717) is 11.1 Å². The molecule has 1 aromatic heterocycles. The highest BCUT2D eigenvalue weighted by molar-refractivity contribution is 7.71. The van der Waals surface area contributed by atoms with E-state index in [0.717, 1.165) is 16.8 Å². The van der Waals surface area contributed by atoms with E-state index in [1.165, 1.54) is 42.5 Å². The summed E-state index contributed by atoms with van der Waals surface area (Å²) in [6.07, 6.45) is -3.41. The van der Waals surface area contributed by atoms with Gasteiger partial charge in [-0.25, -0.2) is 12.8 Å². The quantitative estimate of drug-likeness (QED) is 0.355. The first-order valence-electron chi connectivity index (χ1n) is 8.46. The Morgan fingerprint density at radius 1 is 1.00 bits per heavy atom. The molecule has 3 rings (SSSR count). The summed E-state index contributed by atoms with van der Waals surface area (Å²) in [6, 6.07) is 10.8. The van der Waals surface area contributed by atoms with Gasteiger partial charge in [-0.2, -0.15) is 18.3 Å². The van der Waals surface area contributed by atoms with Gasteiger partial charge in [0.25, 0.3) is 0 Å². The Morgan fingerprint density at radius 3 is 2.10 bits per heavy atom. The number of hydrogen-bond donors (Lipinski definition) is 1. The molecule has 0 amide bonds. The topological polar surface area (TPSA) is 52.0 Å². The number of rotatable bonds is 6. The third-order valence-corrected chi connectivity index (χ3v) is 4.82. The summed E-state index contributed by atoms with van der Waals surface area (Å²) >= 11 is 0. The van der Waals surface area contributed by atoms with Crippen molar-refractivity contribution >= 4 is 10.7 Å². The van der Waals surface area contributed by atoms with E-state index in [2.05, 4.69) is 11.7 Å². The molecule has 2 aromatic carbocycles. The maximum Gasteiger partial charge on any atom is 0.433 e. The van der Waals surface area contributed by atoms with E-state index in [9.17, 15) is 26.0 Å². The molecule has 0 bridgehead atoms. The van der Waals surface area contributed by atoms with Crippen molar-refractivity contribution in [2.75, 3.05) is 0 Å². The molecule has 0 N–H and O–H groups in total. The van der Waals surface area contributed by atoms with E-state index >= 15 is 0 Å². The van der Waals surface area contributed by atoms with Gasteiger partial charge in [0, 0.05) is 11.1 Å². The Labute approximate surface area is 166 Å². The Bertz CT molecular complexity index is 1090. The molecule has 0 saturated heterocycles. The summed E-state index contributed by atoms with van der Waals surface area (Å²) in [4.78, 5) is 0. The van der Waals surface area contributed by atoms with Crippen molar-refractivity contribution in [3.05, 3.63) is 78.3 Å². The molecule has 0 aliphatic heterocycles. The first-order chi connectivity index (χ1) is 13.7. The first-order valence-corrected chi connectivity index (χ1v) is 9.83. The van der Waals surface area contributed by atoms with Gasteiger partial charge in [0.1, 0.15) is 22.2 Å². The highest BCUT2D eigenvalue weighted by Gasteiger charge is 2.40. The molecule has 0 aliphatic rings. The van der Waals surface area contributed by atoms with Crippen LogP contribution in [0.5, 0.6) is 0 Å². The summed E-state index contributed by atoms with van der Waals surface area (Å²) in [7, 11) is -2.62. The van der Waals surface area contributed by atoms with Crippen molar-refractivity contribution < 1.29 is 26.0 Å². The zero-order valence-electron chi connectivity index (χ0n) is 15.0. The molecule has 0 spiro atoms. The lowest BCUT2D eigenvalue weighted by molar-refractivity contribution is -0.143. The molecule has 0 fully saturated rings. The number of alkyl halides is 3. The zero-order chi connectivity index (χ0) is 21.2. The van der Waals surface area contributed by atoms with Gasteiger partial charge in [0.05, 0.1) is 12.3 Å². The summed E-state index contributed by atoms with van der Waals surface area (Å²) in [6.45, 7) is 3.31. The van der Waals surface area contributed by atoms with Crippen molar-refractivity contribution in [3.8, 4) is 22.4 Å². The standard InChI is InChI=1S/C20H16F4N2O2S/c1-2-11-26-19(20(22,23)24)17(14-7-9-16(21)10-8-14)18(25-26)15-5-3-13(4-6-15)12-29(27)28/h2-10,29H,1,11-12H2. The monoisotopic (exact) mass is 424 g/mol. The number of halogens is 4. The van der Waals surface area contributed by atoms with E-state index < -0.39 is 28.4 Å². The minimum absolute atomic E-state index is 0.0591. The van der Waals surface area contributed by atoms with Crippen molar-refractivity contribution in [3.63, 3.8) is 0 Å². The van der Waals surface area contributed by atoms with Crippen LogP contribution >= 0.6 is 0 Å². The number of benzene rings is 2. The molecule has 3 aromatic rings. The predicted octanol–water partition coefficient (Wildman–Crippen LogP) is 4.67. The lowest BCUT2D eigenvalue weighted by Crippen LogP contribution is -2.15. The predicted molar refractivity (Wildman–Crippen MR) is 102 cm³/mol. The van der Waals surface area contributed by atoms with Gasteiger partial charge < -0.3 is 0 Å².